The summed E-state index contributed by atoms with van der Waals surface area (Å²) in [6, 6.07) is 3.63. The molecule has 1 heterocycles. The third-order valence-electron chi connectivity index (χ3n) is 1.95. The maximum absolute atomic E-state index is 11.4. The SMILES string of the molecule is CN(C)CCCC(=O)Nc1cccnc1. The minimum atomic E-state index is 0.0462. The van der Waals surface area contributed by atoms with Crippen LogP contribution < -0.4 is 5.32 Å². The normalized spacial score (nSPS) is 10.3. The Kier molecular flexibility index (Phi) is 4.77. The number of hydrogen-bond donors (Lipinski definition) is 1. The number of rotatable bonds is 5. The Bertz CT molecular complexity index is 298. The van der Waals surface area contributed by atoms with Gasteiger partial charge in [0.2, 0.25) is 5.91 Å². The molecule has 0 spiro atoms. The first kappa shape index (κ1) is 11.7. The van der Waals surface area contributed by atoms with Crippen molar-refractivity contribution in [3.05, 3.63) is 24.5 Å². The van der Waals surface area contributed by atoms with Gasteiger partial charge in [-0.25, -0.2) is 0 Å². The summed E-state index contributed by atoms with van der Waals surface area (Å²) in [7, 11) is 4.00. The molecule has 82 valence electrons. The number of carbonyl (C=O) groups is 1. The standard InChI is InChI=1S/C11H17N3O/c1-14(2)8-4-6-11(15)13-10-5-3-7-12-9-10/h3,5,7,9H,4,6,8H2,1-2H3,(H,13,15). The molecule has 0 bridgehead atoms. The Hall–Kier alpha value is -1.42. The van der Waals surface area contributed by atoms with Gasteiger partial charge in [0.15, 0.2) is 0 Å². The van der Waals surface area contributed by atoms with Crippen LogP contribution in [-0.4, -0.2) is 36.4 Å². The summed E-state index contributed by atoms with van der Waals surface area (Å²) >= 11 is 0. The van der Waals surface area contributed by atoms with Gasteiger partial charge in [0.25, 0.3) is 0 Å². The van der Waals surface area contributed by atoms with Crippen LogP contribution in [0.25, 0.3) is 0 Å². The lowest BCUT2D eigenvalue weighted by atomic mass is 10.3. The van der Waals surface area contributed by atoms with E-state index in [1.54, 1.807) is 18.5 Å². The molecule has 0 aliphatic carbocycles. The van der Waals surface area contributed by atoms with E-state index in [4.69, 9.17) is 0 Å². The summed E-state index contributed by atoms with van der Waals surface area (Å²) in [5.74, 6) is 0.0462. The molecule has 1 aromatic rings. The predicted octanol–water partition coefficient (Wildman–Crippen LogP) is 1.36. The second-order valence-electron chi connectivity index (χ2n) is 3.70. The maximum Gasteiger partial charge on any atom is 0.224 e. The fourth-order valence-corrected chi connectivity index (χ4v) is 1.22. The second-order valence-corrected chi connectivity index (χ2v) is 3.70. The molecule has 4 nitrogen and oxygen atoms in total. The zero-order valence-electron chi connectivity index (χ0n) is 9.23. The van der Waals surface area contributed by atoms with Gasteiger partial charge < -0.3 is 10.2 Å². The Morgan fingerprint density at radius 1 is 1.53 bits per heavy atom. The number of hydrogen-bond acceptors (Lipinski definition) is 3. The third-order valence-corrected chi connectivity index (χ3v) is 1.95. The monoisotopic (exact) mass is 207 g/mol. The quantitative estimate of drug-likeness (QED) is 0.793. The molecule has 4 heteroatoms. The molecule has 15 heavy (non-hydrogen) atoms. The van der Waals surface area contributed by atoms with Crippen molar-refractivity contribution in [3.8, 4) is 0 Å². The molecular weight excluding hydrogens is 190 g/mol. The van der Waals surface area contributed by atoms with Gasteiger partial charge in [-0.2, -0.15) is 0 Å². The van der Waals surface area contributed by atoms with Crippen molar-refractivity contribution in [2.24, 2.45) is 0 Å². The Morgan fingerprint density at radius 2 is 2.33 bits per heavy atom. The molecule has 0 fully saturated rings. The molecule has 1 amide bonds. The molecule has 1 rings (SSSR count). The smallest absolute Gasteiger partial charge is 0.224 e. The van der Waals surface area contributed by atoms with E-state index in [1.165, 1.54) is 0 Å². The lowest BCUT2D eigenvalue weighted by molar-refractivity contribution is -0.116. The molecule has 1 aromatic heterocycles. The second kappa shape index (κ2) is 6.14. The molecular formula is C11H17N3O. The minimum Gasteiger partial charge on any atom is -0.325 e. The largest absolute Gasteiger partial charge is 0.325 e. The molecule has 1 N–H and O–H groups in total. The Labute approximate surface area is 90.3 Å². The van der Waals surface area contributed by atoms with Crippen LogP contribution in [-0.2, 0) is 4.79 Å². The van der Waals surface area contributed by atoms with Crippen LogP contribution in [0.15, 0.2) is 24.5 Å². The fourth-order valence-electron chi connectivity index (χ4n) is 1.22. The van der Waals surface area contributed by atoms with Crippen molar-refractivity contribution in [2.45, 2.75) is 12.8 Å². The summed E-state index contributed by atoms with van der Waals surface area (Å²) in [6.45, 7) is 0.931. The number of aromatic nitrogens is 1. The molecule has 0 radical (unpaired) electrons. The number of nitrogens with zero attached hydrogens (tertiary/aromatic N) is 2. The average molecular weight is 207 g/mol. The first-order chi connectivity index (χ1) is 7.18. The molecule has 0 aromatic carbocycles. The number of nitrogens with one attached hydrogen (secondary N) is 1. The van der Waals surface area contributed by atoms with Crippen molar-refractivity contribution in [1.82, 2.24) is 9.88 Å². The zero-order valence-corrected chi connectivity index (χ0v) is 9.23. The highest BCUT2D eigenvalue weighted by molar-refractivity contribution is 5.90. The van der Waals surface area contributed by atoms with Crippen molar-refractivity contribution >= 4 is 11.6 Å². The van der Waals surface area contributed by atoms with E-state index in [9.17, 15) is 4.79 Å². The van der Waals surface area contributed by atoms with E-state index in [-0.39, 0.29) is 5.91 Å². The van der Waals surface area contributed by atoms with E-state index >= 15 is 0 Å². The van der Waals surface area contributed by atoms with Crippen LogP contribution >= 0.6 is 0 Å². The predicted molar refractivity (Wildman–Crippen MR) is 60.7 cm³/mol. The molecule has 0 aliphatic heterocycles. The summed E-state index contributed by atoms with van der Waals surface area (Å²) in [5, 5.41) is 2.80. The van der Waals surface area contributed by atoms with Gasteiger partial charge in [0, 0.05) is 12.6 Å². The van der Waals surface area contributed by atoms with E-state index in [0.717, 1.165) is 18.7 Å². The molecule has 0 saturated carbocycles. The lowest BCUT2D eigenvalue weighted by Crippen LogP contribution is -2.17. The third kappa shape index (κ3) is 5.12. The van der Waals surface area contributed by atoms with E-state index in [1.807, 2.05) is 20.2 Å². The van der Waals surface area contributed by atoms with Crippen LogP contribution in [0.2, 0.25) is 0 Å². The van der Waals surface area contributed by atoms with Crippen LogP contribution in [0.5, 0.6) is 0 Å². The number of amides is 1. The van der Waals surface area contributed by atoms with E-state index in [2.05, 4.69) is 15.2 Å². The molecule has 0 atom stereocenters. The number of pyridine rings is 1. The van der Waals surface area contributed by atoms with Gasteiger partial charge in [-0.1, -0.05) is 0 Å². The lowest BCUT2D eigenvalue weighted by Gasteiger charge is -2.08. The summed E-state index contributed by atoms with van der Waals surface area (Å²) in [6.07, 6.45) is 4.75. The van der Waals surface area contributed by atoms with E-state index < -0.39 is 0 Å². The molecule has 0 unspecified atom stereocenters. The van der Waals surface area contributed by atoms with Gasteiger partial charge >= 0.3 is 0 Å². The Morgan fingerprint density at radius 3 is 2.93 bits per heavy atom. The van der Waals surface area contributed by atoms with Gasteiger partial charge in [-0.15, -0.1) is 0 Å². The number of anilines is 1. The molecule has 0 saturated heterocycles. The highest BCUT2D eigenvalue weighted by Crippen LogP contribution is 2.03. The van der Waals surface area contributed by atoms with Gasteiger partial charge in [-0.3, -0.25) is 9.78 Å². The van der Waals surface area contributed by atoms with Crippen LogP contribution in [0.3, 0.4) is 0 Å². The average Bonchev–Trinajstić information content (AvgIpc) is 2.18. The first-order valence-corrected chi connectivity index (χ1v) is 5.03. The van der Waals surface area contributed by atoms with Crippen molar-refractivity contribution in [2.75, 3.05) is 26.0 Å². The van der Waals surface area contributed by atoms with Gasteiger partial charge in [0.05, 0.1) is 11.9 Å². The van der Waals surface area contributed by atoms with Crippen LogP contribution in [0.4, 0.5) is 5.69 Å². The minimum absolute atomic E-state index is 0.0462. The van der Waals surface area contributed by atoms with Crippen molar-refractivity contribution < 1.29 is 4.79 Å². The summed E-state index contributed by atoms with van der Waals surface area (Å²) in [5.41, 5.74) is 0.757. The van der Waals surface area contributed by atoms with Crippen LogP contribution in [0, 0.1) is 0 Å². The first-order valence-electron chi connectivity index (χ1n) is 5.03. The van der Waals surface area contributed by atoms with Crippen molar-refractivity contribution in [3.63, 3.8) is 0 Å². The fraction of sp³-hybridized carbons (Fsp3) is 0.455. The molecule has 0 aliphatic rings. The summed E-state index contributed by atoms with van der Waals surface area (Å²) < 4.78 is 0. The van der Waals surface area contributed by atoms with Gasteiger partial charge in [0.1, 0.15) is 0 Å². The zero-order chi connectivity index (χ0) is 11.1. The van der Waals surface area contributed by atoms with Crippen molar-refractivity contribution in [1.29, 1.82) is 0 Å². The highest BCUT2D eigenvalue weighted by Gasteiger charge is 2.01. The van der Waals surface area contributed by atoms with E-state index in [0.29, 0.717) is 6.42 Å². The maximum atomic E-state index is 11.4. The number of carbonyl (C=O) groups excluding carboxylic acids is 1. The Balaban J connectivity index is 2.25. The van der Waals surface area contributed by atoms with Crippen LogP contribution in [0.1, 0.15) is 12.8 Å². The highest BCUT2D eigenvalue weighted by atomic mass is 16.1. The summed E-state index contributed by atoms with van der Waals surface area (Å²) in [4.78, 5) is 17.4. The topological polar surface area (TPSA) is 45.2 Å². The van der Waals surface area contributed by atoms with Gasteiger partial charge in [-0.05, 0) is 39.2 Å².